The Balaban J connectivity index is 1.63. The van der Waals surface area contributed by atoms with E-state index in [2.05, 4.69) is 10.6 Å². The summed E-state index contributed by atoms with van der Waals surface area (Å²) in [5.74, 6) is -0.981. The Bertz CT molecular complexity index is 1060. The molecule has 156 valence electrons. The van der Waals surface area contributed by atoms with Gasteiger partial charge in [-0.15, -0.1) is 0 Å². The smallest absolute Gasteiger partial charge is 0.407 e. The van der Waals surface area contributed by atoms with Gasteiger partial charge in [-0.3, -0.25) is 4.79 Å². The van der Waals surface area contributed by atoms with Crippen LogP contribution in [-0.2, 0) is 19.4 Å². The number of hydrogen-bond donors (Lipinski definition) is 2. The summed E-state index contributed by atoms with van der Waals surface area (Å²) < 4.78 is 29.0. The second-order valence-electron chi connectivity index (χ2n) is 6.90. The van der Waals surface area contributed by atoms with Crippen LogP contribution in [0.1, 0.15) is 17.0 Å². The molecular formula is C21H21N3O5S. The average molecular weight is 427 g/mol. The molecule has 2 N–H and O–H groups in total. The number of hydrogen-bond acceptors (Lipinski definition) is 6. The van der Waals surface area contributed by atoms with Gasteiger partial charge in [0.05, 0.1) is 6.07 Å². The molecule has 0 aliphatic heterocycles. The summed E-state index contributed by atoms with van der Waals surface area (Å²) in [5, 5.41) is 11.5. The summed E-state index contributed by atoms with van der Waals surface area (Å²) in [7, 11) is -3.79. The Labute approximate surface area is 174 Å². The minimum absolute atomic E-state index is 0.0734. The van der Waals surface area contributed by atoms with E-state index in [4.69, 9.17) is 10.00 Å². The third kappa shape index (κ3) is 4.60. The van der Waals surface area contributed by atoms with Gasteiger partial charge in [-0.2, -0.15) is 5.26 Å². The largest absolute Gasteiger partial charge is 0.449 e. The first-order chi connectivity index (χ1) is 14.3. The van der Waals surface area contributed by atoms with Crippen molar-refractivity contribution in [1.29, 1.82) is 5.26 Å². The molecule has 0 aromatic heterocycles. The standard InChI is InChI=1S/C21H21N3O5S/c1-30(27,28)19(20(25)23-11-10-22)12-24-21(26)29-13-18-16-8-4-2-6-14(16)15-7-3-5-9-17(15)18/h2-9,18-19H,11-13H2,1H3,(H,23,25)(H,24,26). The van der Waals surface area contributed by atoms with Crippen LogP contribution < -0.4 is 10.6 Å². The van der Waals surface area contributed by atoms with Crippen molar-refractivity contribution in [2.24, 2.45) is 0 Å². The van der Waals surface area contributed by atoms with Gasteiger partial charge in [-0.05, 0) is 22.3 Å². The molecule has 3 rings (SSSR count). The van der Waals surface area contributed by atoms with E-state index in [1.165, 1.54) is 0 Å². The SMILES string of the molecule is CS(=O)(=O)C(CNC(=O)OCC1c2ccccc2-c2ccccc21)C(=O)NCC#N. The van der Waals surface area contributed by atoms with Gasteiger partial charge in [0.25, 0.3) is 0 Å². The summed E-state index contributed by atoms with van der Waals surface area (Å²) >= 11 is 0. The predicted octanol–water partition coefficient (Wildman–Crippen LogP) is 1.58. The minimum Gasteiger partial charge on any atom is -0.449 e. The molecule has 0 radical (unpaired) electrons. The van der Waals surface area contributed by atoms with E-state index in [0.717, 1.165) is 28.5 Å². The van der Waals surface area contributed by atoms with Crippen LogP contribution in [0, 0.1) is 11.3 Å². The van der Waals surface area contributed by atoms with Crippen LogP contribution in [0.5, 0.6) is 0 Å². The van der Waals surface area contributed by atoms with Gasteiger partial charge in [-0.1, -0.05) is 48.5 Å². The van der Waals surface area contributed by atoms with Gasteiger partial charge < -0.3 is 15.4 Å². The number of rotatable bonds is 7. The molecule has 0 saturated heterocycles. The molecule has 0 fully saturated rings. The normalized spacial score (nSPS) is 13.5. The molecule has 8 nitrogen and oxygen atoms in total. The van der Waals surface area contributed by atoms with Crippen LogP contribution in [0.3, 0.4) is 0 Å². The zero-order valence-electron chi connectivity index (χ0n) is 16.3. The van der Waals surface area contributed by atoms with Crippen molar-refractivity contribution in [3.63, 3.8) is 0 Å². The summed E-state index contributed by atoms with van der Waals surface area (Å²) in [6.07, 6.45) is 0.0711. The van der Waals surface area contributed by atoms with Crippen LogP contribution >= 0.6 is 0 Å². The Morgan fingerprint density at radius 1 is 1.07 bits per heavy atom. The Hall–Kier alpha value is -3.38. The second-order valence-corrected chi connectivity index (χ2v) is 9.13. The number of sulfone groups is 1. The third-order valence-electron chi connectivity index (χ3n) is 4.93. The lowest BCUT2D eigenvalue weighted by molar-refractivity contribution is -0.120. The van der Waals surface area contributed by atoms with Crippen molar-refractivity contribution in [2.45, 2.75) is 11.2 Å². The van der Waals surface area contributed by atoms with Gasteiger partial charge in [0.1, 0.15) is 13.2 Å². The highest BCUT2D eigenvalue weighted by Gasteiger charge is 2.31. The number of nitriles is 1. The average Bonchev–Trinajstić information content (AvgIpc) is 3.03. The van der Waals surface area contributed by atoms with Crippen LogP contribution in [0.4, 0.5) is 4.79 Å². The lowest BCUT2D eigenvalue weighted by atomic mass is 9.98. The first-order valence-electron chi connectivity index (χ1n) is 9.25. The van der Waals surface area contributed by atoms with Crippen molar-refractivity contribution >= 4 is 21.8 Å². The van der Waals surface area contributed by atoms with E-state index in [9.17, 15) is 18.0 Å². The van der Waals surface area contributed by atoms with E-state index in [1.807, 2.05) is 48.5 Å². The molecule has 0 heterocycles. The number of amides is 2. The number of alkyl carbamates (subject to hydrolysis) is 1. The molecule has 1 aliphatic carbocycles. The van der Waals surface area contributed by atoms with Gasteiger partial charge in [0.15, 0.2) is 15.1 Å². The monoisotopic (exact) mass is 427 g/mol. The second kappa shape index (κ2) is 8.97. The summed E-state index contributed by atoms with van der Waals surface area (Å²) in [6, 6.07) is 17.5. The maximum atomic E-state index is 12.2. The topological polar surface area (TPSA) is 125 Å². The number of ether oxygens (including phenoxy) is 1. The Kier molecular flexibility index (Phi) is 6.37. The summed E-state index contributed by atoms with van der Waals surface area (Å²) in [6.45, 7) is -0.702. The van der Waals surface area contributed by atoms with Crippen LogP contribution in [-0.4, -0.2) is 51.6 Å². The van der Waals surface area contributed by atoms with E-state index >= 15 is 0 Å². The fraction of sp³-hybridized carbons (Fsp3) is 0.286. The number of nitrogens with one attached hydrogen (secondary N) is 2. The highest BCUT2D eigenvalue weighted by atomic mass is 32.2. The fourth-order valence-electron chi connectivity index (χ4n) is 3.50. The van der Waals surface area contributed by atoms with Crippen LogP contribution in [0.25, 0.3) is 11.1 Å². The number of nitrogens with zero attached hydrogens (tertiary/aromatic N) is 1. The lowest BCUT2D eigenvalue weighted by Crippen LogP contribution is -2.47. The number of fused-ring (bicyclic) bond motifs is 3. The quantitative estimate of drug-likeness (QED) is 0.646. The first kappa shape index (κ1) is 21.3. The van der Waals surface area contributed by atoms with Gasteiger partial charge in [0.2, 0.25) is 5.91 Å². The van der Waals surface area contributed by atoms with Crippen molar-refractivity contribution in [2.75, 3.05) is 26.0 Å². The number of carbonyl (C=O) groups is 2. The minimum atomic E-state index is -3.79. The molecule has 0 bridgehead atoms. The highest BCUT2D eigenvalue weighted by molar-refractivity contribution is 7.92. The molecule has 1 aliphatic rings. The maximum Gasteiger partial charge on any atom is 0.407 e. The lowest BCUT2D eigenvalue weighted by Gasteiger charge is -2.17. The maximum absolute atomic E-state index is 12.2. The predicted molar refractivity (Wildman–Crippen MR) is 110 cm³/mol. The molecule has 2 amide bonds. The van der Waals surface area contributed by atoms with Crippen molar-refractivity contribution in [3.05, 3.63) is 59.7 Å². The van der Waals surface area contributed by atoms with Crippen LogP contribution in [0.2, 0.25) is 0 Å². The molecule has 2 aromatic carbocycles. The van der Waals surface area contributed by atoms with Gasteiger partial charge in [-0.25, -0.2) is 13.2 Å². The van der Waals surface area contributed by atoms with Gasteiger partial charge >= 0.3 is 6.09 Å². The molecule has 0 spiro atoms. The van der Waals surface area contributed by atoms with E-state index < -0.39 is 33.6 Å². The van der Waals surface area contributed by atoms with Crippen LogP contribution in [0.15, 0.2) is 48.5 Å². The molecule has 0 saturated carbocycles. The van der Waals surface area contributed by atoms with Crippen molar-refractivity contribution in [3.8, 4) is 17.2 Å². The Morgan fingerprint density at radius 2 is 1.63 bits per heavy atom. The molecule has 2 aromatic rings. The molecule has 1 atom stereocenters. The zero-order valence-corrected chi connectivity index (χ0v) is 17.1. The Morgan fingerprint density at radius 3 is 2.17 bits per heavy atom. The van der Waals surface area contributed by atoms with Crippen molar-refractivity contribution in [1.82, 2.24) is 10.6 Å². The highest BCUT2D eigenvalue weighted by Crippen LogP contribution is 2.44. The number of carbonyl (C=O) groups excluding carboxylic acids is 2. The molecule has 1 unspecified atom stereocenters. The molecule has 30 heavy (non-hydrogen) atoms. The molecule has 9 heteroatoms. The van der Waals surface area contributed by atoms with E-state index in [-0.39, 0.29) is 19.1 Å². The molecular weight excluding hydrogens is 406 g/mol. The summed E-state index contributed by atoms with van der Waals surface area (Å²) in [4.78, 5) is 24.1. The number of benzene rings is 2. The van der Waals surface area contributed by atoms with E-state index in [1.54, 1.807) is 6.07 Å². The summed E-state index contributed by atoms with van der Waals surface area (Å²) in [5.41, 5.74) is 4.29. The zero-order chi connectivity index (χ0) is 21.7. The fourth-order valence-corrected chi connectivity index (χ4v) is 4.36. The van der Waals surface area contributed by atoms with Gasteiger partial charge in [0, 0.05) is 18.7 Å². The third-order valence-corrected chi connectivity index (χ3v) is 6.34. The van der Waals surface area contributed by atoms with Crippen molar-refractivity contribution < 1.29 is 22.7 Å². The van der Waals surface area contributed by atoms with E-state index in [0.29, 0.717) is 0 Å². The first-order valence-corrected chi connectivity index (χ1v) is 11.2.